The average Bonchev–Trinajstić information content (AvgIpc) is 2.70. The van der Waals surface area contributed by atoms with Crippen molar-refractivity contribution in [2.45, 2.75) is 19.9 Å². The van der Waals surface area contributed by atoms with Crippen LogP contribution in [-0.2, 0) is 16.6 Å². The molecule has 0 aliphatic rings. The molecule has 0 bridgehead atoms. The zero-order valence-corrected chi connectivity index (χ0v) is 10.8. The minimum absolute atomic E-state index is 0.0337. The lowest BCUT2D eigenvalue weighted by atomic mass is 10.1. The van der Waals surface area contributed by atoms with Crippen LogP contribution in [0.25, 0.3) is 0 Å². The Labute approximate surface area is 106 Å². The van der Waals surface area contributed by atoms with Crippen LogP contribution in [0.15, 0.2) is 12.4 Å². The van der Waals surface area contributed by atoms with Gasteiger partial charge < -0.3 is 16.4 Å². The second kappa shape index (κ2) is 6.15. The standard InChI is InChI=1S/C11H19N5O2/c1-7(2)10(12)11(18)13-5-9(17)15-8-4-14-16(3)6-8/h4,6-7,10H,5,12H2,1-3H3,(H,13,18)(H,15,17)/t10-/m0/s1. The number of nitrogens with two attached hydrogens (primary N) is 1. The van der Waals surface area contributed by atoms with Crippen LogP contribution in [0.5, 0.6) is 0 Å². The molecule has 0 fully saturated rings. The number of carbonyl (C=O) groups is 2. The molecule has 100 valence electrons. The summed E-state index contributed by atoms with van der Waals surface area (Å²) in [7, 11) is 1.75. The number of anilines is 1. The zero-order valence-electron chi connectivity index (χ0n) is 10.8. The average molecular weight is 253 g/mol. The van der Waals surface area contributed by atoms with Gasteiger partial charge in [0, 0.05) is 13.2 Å². The van der Waals surface area contributed by atoms with Crippen LogP contribution in [0.3, 0.4) is 0 Å². The van der Waals surface area contributed by atoms with Crippen molar-refractivity contribution in [1.82, 2.24) is 15.1 Å². The Kier molecular flexibility index (Phi) is 4.85. The van der Waals surface area contributed by atoms with Gasteiger partial charge in [0.25, 0.3) is 0 Å². The number of aryl methyl sites for hydroxylation is 1. The molecule has 0 saturated carbocycles. The summed E-state index contributed by atoms with van der Waals surface area (Å²) < 4.78 is 1.57. The minimum Gasteiger partial charge on any atom is -0.346 e. The molecule has 4 N–H and O–H groups in total. The van der Waals surface area contributed by atoms with Crippen molar-refractivity contribution in [2.75, 3.05) is 11.9 Å². The molecule has 18 heavy (non-hydrogen) atoms. The van der Waals surface area contributed by atoms with Crippen molar-refractivity contribution in [1.29, 1.82) is 0 Å². The maximum Gasteiger partial charge on any atom is 0.243 e. The fourth-order valence-electron chi connectivity index (χ4n) is 1.28. The number of aromatic nitrogens is 2. The second-order valence-corrected chi connectivity index (χ2v) is 4.44. The molecule has 2 amide bonds. The molecule has 1 rings (SSSR count). The number of rotatable bonds is 5. The fraction of sp³-hybridized carbons (Fsp3) is 0.545. The fourth-order valence-corrected chi connectivity index (χ4v) is 1.28. The zero-order chi connectivity index (χ0) is 13.7. The highest BCUT2D eigenvalue weighted by Gasteiger charge is 2.17. The Bertz CT molecular complexity index is 427. The molecule has 0 spiro atoms. The van der Waals surface area contributed by atoms with E-state index in [-0.39, 0.29) is 24.3 Å². The quantitative estimate of drug-likeness (QED) is 0.655. The third-order valence-electron chi connectivity index (χ3n) is 2.43. The molecule has 0 aliphatic carbocycles. The largest absolute Gasteiger partial charge is 0.346 e. The first-order chi connectivity index (χ1) is 8.40. The van der Waals surface area contributed by atoms with Crippen LogP contribution < -0.4 is 16.4 Å². The SMILES string of the molecule is CC(C)[C@H](N)C(=O)NCC(=O)Nc1cnn(C)c1. The number of nitrogens with one attached hydrogen (secondary N) is 2. The molecule has 1 aromatic rings. The highest BCUT2D eigenvalue weighted by molar-refractivity contribution is 5.95. The molecule has 1 aromatic heterocycles. The molecule has 1 atom stereocenters. The van der Waals surface area contributed by atoms with Crippen molar-refractivity contribution in [3.63, 3.8) is 0 Å². The molecule has 0 saturated heterocycles. The van der Waals surface area contributed by atoms with Crippen molar-refractivity contribution in [3.05, 3.63) is 12.4 Å². The predicted molar refractivity (Wildman–Crippen MR) is 67.7 cm³/mol. The van der Waals surface area contributed by atoms with E-state index >= 15 is 0 Å². The van der Waals surface area contributed by atoms with E-state index in [1.807, 2.05) is 13.8 Å². The van der Waals surface area contributed by atoms with E-state index in [9.17, 15) is 9.59 Å². The summed E-state index contributed by atoms with van der Waals surface area (Å²) in [5.74, 6) is -0.606. The summed E-state index contributed by atoms with van der Waals surface area (Å²) in [6.07, 6.45) is 3.19. The summed E-state index contributed by atoms with van der Waals surface area (Å²) >= 11 is 0. The predicted octanol–water partition coefficient (Wildman–Crippen LogP) is -0.542. The summed E-state index contributed by atoms with van der Waals surface area (Å²) in [6, 6.07) is -0.601. The van der Waals surface area contributed by atoms with Gasteiger partial charge in [-0.25, -0.2) is 0 Å². The lowest BCUT2D eigenvalue weighted by Crippen LogP contribution is -2.46. The highest BCUT2D eigenvalue weighted by atomic mass is 16.2. The Morgan fingerprint density at radius 1 is 1.50 bits per heavy atom. The third-order valence-corrected chi connectivity index (χ3v) is 2.43. The van der Waals surface area contributed by atoms with Gasteiger partial charge in [-0.1, -0.05) is 13.8 Å². The third kappa shape index (κ3) is 4.17. The van der Waals surface area contributed by atoms with Crippen LogP contribution >= 0.6 is 0 Å². The van der Waals surface area contributed by atoms with Gasteiger partial charge in [0.1, 0.15) is 0 Å². The maximum atomic E-state index is 11.5. The van der Waals surface area contributed by atoms with Crippen LogP contribution in [0.2, 0.25) is 0 Å². The topological polar surface area (TPSA) is 102 Å². The van der Waals surface area contributed by atoms with Crippen molar-refractivity contribution >= 4 is 17.5 Å². The van der Waals surface area contributed by atoms with Gasteiger partial charge in [-0.15, -0.1) is 0 Å². The molecule has 1 heterocycles. The van der Waals surface area contributed by atoms with E-state index < -0.39 is 6.04 Å². The molecule has 7 nitrogen and oxygen atoms in total. The number of hydrogen-bond donors (Lipinski definition) is 3. The molecule has 7 heteroatoms. The normalized spacial score (nSPS) is 12.3. The van der Waals surface area contributed by atoms with Gasteiger partial charge in [-0.3, -0.25) is 14.3 Å². The van der Waals surface area contributed by atoms with Gasteiger partial charge in [-0.2, -0.15) is 5.10 Å². The second-order valence-electron chi connectivity index (χ2n) is 4.44. The van der Waals surface area contributed by atoms with Gasteiger partial charge >= 0.3 is 0 Å². The Balaban J connectivity index is 2.35. The summed E-state index contributed by atoms with van der Waals surface area (Å²) in [6.45, 7) is 3.59. The summed E-state index contributed by atoms with van der Waals surface area (Å²) in [4.78, 5) is 23.0. The van der Waals surface area contributed by atoms with Crippen LogP contribution in [0.4, 0.5) is 5.69 Å². The lowest BCUT2D eigenvalue weighted by molar-refractivity contribution is -0.125. The van der Waals surface area contributed by atoms with Crippen molar-refractivity contribution < 1.29 is 9.59 Å². The van der Waals surface area contributed by atoms with E-state index in [0.717, 1.165) is 0 Å². The molecular formula is C11H19N5O2. The molecule has 0 radical (unpaired) electrons. The van der Waals surface area contributed by atoms with E-state index in [1.165, 1.54) is 6.20 Å². The number of hydrogen-bond acceptors (Lipinski definition) is 4. The molecule has 0 aromatic carbocycles. The molecule has 0 unspecified atom stereocenters. The van der Waals surface area contributed by atoms with E-state index in [1.54, 1.807) is 17.9 Å². The minimum atomic E-state index is -0.601. The number of carbonyl (C=O) groups excluding carboxylic acids is 2. The Morgan fingerprint density at radius 2 is 2.17 bits per heavy atom. The van der Waals surface area contributed by atoms with Gasteiger partial charge in [0.2, 0.25) is 11.8 Å². The molecular weight excluding hydrogens is 234 g/mol. The first-order valence-corrected chi connectivity index (χ1v) is 5.72. The van der Waals surface area contributed by atoms with Crippen molar-refractivity contribution in [3.8, 4) is 0 Å². The smallest absolute Gasteiger partial charge is 0.243 e. The Hall–Kier alpha value is -1.89. The highest BCUT2D eigenvalue weighted by Crippen LogP contribution is 2.02. The summed E-state index contributed by atoms with van der Waals surface area (Å²) in [5, 5.41) is 9.01. The monoisotopic (exact) mass is 253 g/mol. The van der Waals surface area contributed by atoms with E-state index in [2.05, 4.69) is 15.7 Å². The number of nitrogens with zero attached hydrogens (tertiary/aromatic N) is 2. The van der Waals surface area contributed by atoms with Crippen LogP contribution in [0, 0.1) is 5.92 Å². The van der Waals surface area contributed by atoms with Gasteiger partial charge in [-0.05, 0) is 5.92 Å². The van der Waals surface area contributed by atoms with Gasteiger partial charge in [0.05, 0.1) is 24.5 Å². The van der Waals surface area contributed by atoms with Crippen LogP contribution in [-0.4, -0.2) is 34.2 Å². The first-order valence-electron chi connectivity index (χ1n) is 5.72. The Morgan fingerprint density at radius 3 is 2.67 bits per heavy atom. The summed E-state index contributed by atoms with van der Waals surface area (Å²) in [5.41, 5.74) is 6.23. The lowest BCUT2D eigenvalue weighted by Gasteiger charge is -2.14. The molecule has 0 aliphatic heterocycles. The van der Waals surface area contributed by atoms with Crippen LogP contribution in [0.1, 0.15) is 13.8 Å². The maximum absolute atomic E-state index is 11.5. The van der Waals surface area contributed by atoms with E-state index in [0.29, 0.717) is 5.69 Å². The van der Waals surface area contributed by atoms with Crippen molar-refractivity contribution in [2.24, 2.45) is 18.7 Å². The number of amides is 2. The first kappa shape index (κ1) is 14.2. The van der Waals surface area contributed by atoms with E-state index in [4.69, 9.17) is 5.73 Å². The van der Waals surface area contributed by atoms with Gasteiger partial charge in [0.15, 0.2) is 0 Å².